The second-order valence-electron chi connectivity index (χ2n) is 5.78. The maximum absolute atomic E-state index is 12.3. The predicted molar refractivity (Wildman–Crippen MR) is 104 cm³/mol. The fourth-order valence-electron chi connectivity index (χ4n) is 2.62. The standard InChI is InChI=1S/C18H21N3O2S2/c1-24-8-7-14(11-22)19-17(23)9-15-12-25-18-20-16(10-21(15)18)13-5-3-2-4-6-13/h2-6,10,12,14,22H,7-9,11H2,1H3,(H,19,23)/t14-/m1/s1. The number of carbonyl (C=O) groups is 1. The lowest BCUT2D eigenvalue weighted by atomic mass is 10.2. The van der Waals surface area contributed by atoms with Gasteiger partial charge in [-0.05, 0) is 18.4 Å². The summed E-state index contributed by atoms with van der Waals surface area (Å²) in [5.74, 6) is 0.839. The molecule has 0 aliphatic rings. The number of rotatable bonds is 8. The van der Waals surface area contributed by atoms with Crippen molar-refractivity contribution >= 4 is 34.0 Å². The van der Waals surface area contributed by atoms with Crippen LogP contribution in [-0.4, -0.2) is 45.1 Å². The zero-order chi connectivity index (χ0) is 17.6. The number of hydrogen-bond acceptors (Lipinski definition) is 5. The van der Waals surface area contributed by atoms with E-state index in [1.807, 2.05) is 52.6 Å². The van der Waals surface area contributed by atoms with Gasteiger partial charge in [-0.2, -0.15) is 11.8 Å². The average molecular weight is 376 g/mol. The van der Waals surface area contributed by atoms with E-state index in [-0.39, 0.29) is 25.0 Å². The number of aromatic nitrogens is 2. The number of thioether (sulfide) groups is 1. The van der Waals surface area contributed by atoms with Crippen LogP contribution in [0.25, 0.3) is 16.2 Å². The van der Waals surface area contributed by atoms with Crippen molar-refractivity contribution in [3.8, 4) is 11.3 Å². The molecule has 0 aliphatic heterocycles. The number of nitrogens with one attached hydrogen (secondary N) is 1. The Labute approximate surface area is 155 Å². The molecule has 7 heteroatoms. The minimum Gasteiger partial charge on any atom is -0.394 e. The van der Waals surface area contributed by atoms with Crippen molar-refractivity contribution in [2.75, 3.05) is 18.6 Å². The summed E-state index contributed by atoms with van der Waals surface area (Å²) in [4.78, 5) is 17.8. The van der Waals surface area contributed by atoms with Gasteiger partial charge in [0.2, 0.25) is 5.91 Å². The maximum Gasteiger partial charge on any atom is 0.226 e. The van der Waals surface area contributed by atoms with Crippen molar-refractivity contribution in [3.05, 3.63) is 47.6 Å². The van der Waals surface area contributed by atoms with Gasteiger partial charge in [-0.1, -0.05) is 30.3 Å². The number of aliphatic hydroxyl groups excluding tert-OH is 1. The smallest absolute Gasteiger partial charge is 0.226 e. The van der Waals surface area contributed by atoms with E-state index in [2.05, 4.69) is 10.3 Å². The minimum absolute atomic E-state index is 0.0332. The number of imidazole rings is 1. The molecule has 3 rings (SSSR count). The summed E-state index contributed by atoms with van der Waals surface area (Å²) in [5.41, 5.74) is 2.88. The highest BCUT2D eigenvalue weighted by molar-refractivity contribution is 7.98. The molecule has 0 radical (unpaired) electrons. The Hall–Kier alpha value is -1.83. The van der Waals surface area contributed by atoms with Gasteiger partial charge in [-0.3, -0.25) is 9.20 Å². The SMILES string of the molecule is CSCC[C@H](CO)NC(=O)Cc1csc2nc(-c3ccccc3)cn12. The molecule has 25 heavy (non-hydrogen) atoms. The van der Waals surface area contributed by atoms with Crippen LogP contribution in [0, 0.1) is 0 Å². The molecule has 1 atom stereocenters. The third-order valence-corrected chi connectivity index (χ3v) is 5.48. The molecule has 1 aromatic carbocycles. The van der Waals surface area contributed by atoms with Crippen LogP contribution < -0.4 is 5.32 Å². The summed E-state index contributed by atoms with van der Waals surface area (Å²) in [6.07, 6.45) is 5.04. The van der Waals surface area contributed by atoms with Gasteiger partial charge in [-0.25, -0.2) is 4.98 Å². The lowest BCUT2D eigenvalue weighted by Crippen LogP contribution is -2.38. The third kappa shape index (κ3) is 4.42. The second kappa shape index (κ2) is 8.51. The molecule has 2 heterocycles. The van der Waals surface area contributed by atoms with Gasteiger partial charge in [0.15, 0.2) is 4.96 Å². The molecule has 0 bridgehead atoms. The number of aliphatic hydroxyl groups is 1. The Morgan fingerprint density at radius 2 is 2.20 bits per heavy atom. The Balaban J connectivity index is 1.71. The van der Waals surface area contributed by atoms with Gasteiger partial charge in [0.25, 0.3) is 0 Å². The van der Waals surface area contributed by atoms with Gasteiger partial charge in [0, 0.05) is 22.8 Å². The van der Waals surface area contributed by atoms with Crippen molar-refractivity contribution in [3.63, 3.8) is 0 Å². The van der Waals surface area contributed by atoms with Crippen molar-refractivity contribution < 1.29 is 9.90 Å². The number of fused-ring (bicyclic) bond motifs is 1. The molecule has 132 valence electrons. The Morgan fingerprint density at radius 1 is 1.40 bits per heavy atom. The quantitative estimate of drug-likeness (QED) is 0.635. The number of benzene rings is 1. The highest BCUT2D eigenvalue weighted by atomic mass is 32.2. The monoisotopic (exact) mass is 375 g/mol. The first-order chi connectivity index (χ1) is 12.2. The molecule has 2 aromatic heterocycles. The summed E-state index contributed by atoms with van der Waals surface area (Å²) >= 11 is 3.24. The van der Waals surface area contributed by atoms with Crippen molar-refractivity contribution in [2.24, 2.45) is 0 Å². The Kier molecular flexibility index (Phi) is 6.12. The molecular formula is C18H21N3O2S2. The lowest BCUT2D eigenvalue weighted by molar-refractivity contribution is -0.121. The molecule has 0 saturated heterocycles. The fraction of sp³-hybridized carbons (Fsp3) is 0.333. The number of thiazole rings is 1. The molecule has 0 fully saturated rings. The van der Waals surface area contributed by atoms with Crippen LogP contribution >= 0.6 is 23.1 Å². The van der Waals surface area contributed by atoms with Crippen LogP contribution in [0.2, 0.25) is 0 Å². The second-order valence-corrected chi connectivity index (χ2v) is 7.60. The molecule has 0 unspecified atom stereocenters. The third-order valence-electron chi connectivity index (χ3n) is 3.95. The van der Waals surface area contributed by atoms with Gasteiger partial charge in [0.05, 0.1) is 24.8 Å². The Bertz CT molecular complexity index is 829. The zero-order valence-electron chi connectivity index (χ0n) is 14.0. The van der Waals surface area contributed by atoms with E-state index >= 15 is 0 Å². The number of hydrogen-bond donors (Lipinski definition) is 2. The van der Waals surface area contributed by atoms with Crippen LogP contribution in [0.4, 0.5) is 0 Å². The van der Waals surface area contributed by atoms with Gasteiger partial charge in [-0.15, -0.1) is 11.3 Å². The molecule has 5 nitrogen and oxygen atoms in total. The van der Waals surface area contributed by atoms with E-state index in [1.165, 1.54) is 11.3 Å². The summed E-state index contributed by atoms with van der Waals surface area (Å²) in [6, 6.07) is 9.82. The summed E-state index contributed by atoms with van der Waals surface area (Å²) < 4.78 is 1.97. The minimum atomic E-state index is -0.184. The van der Waals surface area contributed by atoms with E-state index in [4.69, 9.17) is 0 Å². The molecule has 0 aliphatic carbocycles. The van der Waals surface area contributed by atoms with Crippen molar-refractivity contribution in [2.45, 2.75) is 18.9 Å². The molecule has 3 aromatic rings. The zero-order valence-corrected chi connectivity index (χ0v) is 15.6. The van der Waals surface area contributed by atoms with Crippen LogP contribution in [0.3, 0.4) is 0 Å². The number of nitrogens with zero attached hydrogens (tertiary/aromatic N) is 2. The van der Waals surface area contributed by atoms with E-state index in [1.54, 1.807) is 11.8 Å². The molecule has 2 N–H and O–H groups in total. The van der Waals surface area contributed by atoms with E-state index < -0.39 is 0 Å². The normalized spacial score (nSPS) is 12.4. The van der Waals surface area contributed by atoms with Crippen LogP contribution in [0.1, 0.15) is 12.1 Å². The highest BCUT2D eigenvalue weighted by Crippen LogP contribution is 2.23. The first-order valence-electron chi connectivity index (χ1n) is 8.11. The highest BCUT2D eigenvalue weighted by Gasteiger charge is 2.15. The van der Waals surface area contributed by atoms with E-state index in [9.17, 15) is 9.90 Å². The van der Waals surface area contributed by atoms with Crippen molar-refractivity contribution in [1.29, 1.82) is 0 Å². The van der Waals surface area contributed by atoms with Gasteiger partial charge in [0.1, 0.15) is 0 Å². The largest absolute Gasteiger partial charge is 0.394 e. The van der Waals surface area contributed by atoms with E-state index in [0.717, 1.165) is 34.1 Å². The van der Waals surface area contributed by atoms with Gasteiger partial charge < -0.3 is 10.4 Å². The lowest BCUT2D eigenvalue weighted by Gasteiger charge is -2.15. The molecular weight excluding hydrogens is 354 g/mol. The summed E-state index contributed by atoms with van der Waals surface area (Å²) in [7, 11) is 0. The van der Waals surface area contributed by atoms with Gasteiger partial charge >= 0.3 is 0 Å². The first-order valence-corrected chi connectivity index (χ1v) is 10.4. The van der Waals surface area contributed by atoms with Crippen LogP contribution in [0.5, 0.6) is 0 Å². The first kappa shape index (κ1) is 18.0. The van der Waals surface area contributed by atoms with Crippen LogP contribution in [-0.2, 0) is 11.2 Å². The van der Waals surface area contributed by atoms with Crippen LogP contribution in [0.15, 0.2) is 41.9 Å². The fourth-order valence-corrected chi connectivity index (χ4v) is 4.01. The van der Waals surface area contributed by atoms with E-state index in [0.29, 0.717) is 0 Å². The number of carbonyl (C=O) groups excluding carboxylic acids is 1. The molecule has 1 amide bonds. The summed E-state index contributed by atoms with van der Waals surface area (Å²) in [5, 5.41) is 14.3. The van der Waals surface area contributed by atoms with Crippen molar-refractivity contribution in [1.82, 2.24) is 14.7 Å². The average Bonchev–Trinajstić information content (AvgIpc) is 3.21. The predicted octanol–water partition coefficient (Wildman–Crippen LogP) is 2.84. The molecule has 0 saturated carbocycles. The number of amides is 1. The Morgan fingerprint density at radius 3 is 2.92 bits per heavy atom. The topological polar surface area (TPSA) is 66.6 Å². The summed E-state index contributed by atoms with van der Waals surface area (Å²) in [6.45, 7) is -0.0332. The molecule has 0 spiro atoms. The maximum atomic E-state index is 12.3.